The van der Waals surface area contributed by atoms with Crippen molar-refractivity contribution in [3.05, 3.63) is 87.6 Å². The third-order valence-electron chi connectivity index (χ3n) is 4.84. The minimum absolute atomic E-state index is 0.0608. The molecule has 4 aromatic rings. The van der Waals surface area contributed by atoms with Gasteiger partial charge < -0.3 is 19.6 Å². The number of carboxylic acids is 1. The summed E-state index contributed by atoms with van der Waals surface area (Å²) < 4.78 is 24.4. The summed E-state index contributed by atoms with van der Waals surface area (Å²) in [6, 6.07) is 14.0. The minimum atomic E-state index is -1.22. The fourth-order valence-corrected chi connectivity index (χ4v) is 3.53. The van der Waals surface area contributed by atoms with Gasteiger partial charge in [0.2, 0.25) is 0 Å². The first kappa shape index (κ1) is 22.9. The first-order valence-corrected chi connectivity index (χ1v) is 10.3. The molecule has 2 heterocycles. The van der Waals surface area contributed by atoms with Gasteiger partial charge in [0.15, 0.2) is 11.8 Å². The first-order chi connectivity index (χ1) is 16.2. The van der Waals surface area contributed by atoms with Gasteiger partial charge in [-0.2, -0.15) is 0 Å². The number of hydrogen-bond donors (Lipinski definition) is 2. The Morgan fingerprint density at radius 1 is 1.12 bits per heavy atom. The zero-order chi connectivity index (χ0) is 24.4. The summed E-state index contributed by atoms with van der Waals surface area (Å²) in [6.45, 7) is 1.49. The molecule has 0 fully saturated rings. The van der Waals surface area contributed by atoms with E-state index in [2.05, 4.69) is 10.3 Å². The molecule has 0 aliphatic heterocycles. The number of carbonyl (C=O) groups excluding carboxylic acids is 1. The van der Waals surface area contributed by atoms with Crippen molar-refractivity contribution in [3.63, 3.8) is 0 Å². The lowest BCUT2D eigenvalue weighted by molar-refractivity contribution is -0.122. The van der Waals surface area contributed by atoms with Crippen LogP contribution in [-0.4, -0.2) is 28.1 Å². The van der Waals surface area contributed by atoms with Crippen molar-refractivity contribution >= 4 is 40.3 Å². The predicted octanol–water partition coefficient (Wildman–Crippen LogP) is 4.75. The lowest BCUT2D eigenvalue weighted by Crippen LogP contribution is -2.30. The molecule has 0 saturated heterocycles. The number of anilines is 1. The number of benzene rings is 2. The lowest BCUT2D eigenvalue weighted by Gasteiger charge is -2.15. The molecule has 0 radical (unpaired) electrons. The Kier molecular flexibility index (Phi) is 6.29. The summed E-state index contributed by atoms with van der Waals surface area (Å²) in [5.74, 6) is -1.99. The van der Waals surface area contributed by atoms with E-state index in [4.69, 9.17) is 25.9 Å². The Morgan fingerprint density at radius 2 is 1.91 bits per heavy atom. The number of halogens is 2. The monoisotopic (exact) mass is 482 g/mol. The van der Waals surface area contributed by atoms with E-state index in [9.17, 15) is 18.8 Å². The molecule has 2 aromatic carbocycles. The van der Waals surface area contributed by atoms with E-state index in [-0.39, 0.29) is 27.9 Å². The van der Waals surface area contributed by atoms with E-state index in [1.807, 2.05) is 0 Å². The zero-order valence-electron chi connectivity index (χ0n) is 17.5. The summed E-state index contributed by atoms with van der Waals surface area (Å²) in [5, 5.41) is 12.2. The number of carboxylic acid groups (broad SMARTS) is 1. The highest BCUT2D eigenvalue weighted by molar-refractivity contribution is 6.33. The number of aromatic carboxylic acids is 1. The molecule has 10 heteroatoms. The molecule has 0 bridgehead atoms. The largest absolute Gasteiger partial charge is 0.481 e. The summed E-state index contributed by atoms with van der Waals surface area (Å²) in [6.07, 6.45) is -0.991. The van der Waals surface area contributed by atoms with E-state index >= 15 is 0 Å². The molecule has 0 aliphatic carbocycles. The second kappa shape index (κ2) is 9.32. The van der Waals surface area contributed by atoms with Crippen LogP contribution in [0, 0.1) is 5.82 Å². The maximum Gasteiger partial charge on any atom is 0.354 e. The van der Waals surface area contributed by atoms with Crippen molar-refractivity contribution in [2.45, 2.75) is 13.0 Å². The fourth-order valence-electron chi connectivity index (χ4n) is 3.26. The van der Waals surface area contributed by atoms with Crippen LogP contribution in [0.3, 0.4) is 0 Å². The van der Waals surface area contributed by atoms with E-state index in [0.29, 0.717) is 16.5 Å². The van der Waals surface area contributed by atoms with Crippen LogP contribution < -0.4 is 15.7 Å². The molecular formula is C24H16ClFN2O6. The van der Waals surface area contributed by atoms with Crippen molar-refractivity contribution in [2.24, 2.45) is 0 Å². The average Bonchev–Trinajstić information content (AvgIpc) is 2.78. The highest BCUT2D eigenvalue weighted by Crippen LogP contribution is 2.34. The zero-order valence-corrected chi connectivity index (χ0v) is 18.3. The first-order valence-electron chi connectivity index (χ1n) is 9.92. The molecule has 0 spiro atoms. The van der Waals surface area contributed by atoms with E-state index in [0.717, 1.165) is 6.07 Å². The number of nitrogens with zero attached hydrogens (tertiary/aromatic N) is 1. The Balaban J connectivity index is 1.58. The smallest absolute Gasteiger partial charge is 0.354 e. The molecule has 1 atom stereocenters. The molecule has 8 nitrogen and oxygen atoms in total. The van der Waals surface area contributed by atoms with Crippen molar-refractivity contribution in [3.8, 4) is 16.9 Å². The molecule has 2 N–H and O–H groups in total. The molecule has 0 saturated carbocycles. The summed E-state index contributed by atoms with van der Waals surface area (Å²) >= 11 is 6.17. The number of carbonyl (C=O) groups is 2. The fraction of sp³-hybridized carbons (Fsp3) is 0.0833. The van der Waals surface area contributed by atoms with Crippen LogP contribution in [0.5, 0.6) is 5.75 Å². The van der Waals surface area contributed by atoms with Crippen LogP contribution in [0.15, 0.2) is 69.9 Å². The number of aromatic nitrogens is 1. The van der Waals surface area contributed by atoms with Gasteiger partial charge >= 0.3 is 11.6 Å². The maximum atomic E-state index is 13.4. The quantitative estimate of drug-likeness (QED) is 0.380. The summed E-state index contributed by atoms with van der Waals surface area (Å²) in [7, 11) is 0. The molecule has 4 rings (SSSR count). The SMILES string of the molecule is CC(Oc1ccc2c(-c3ccc(F)cc3Cl)cc(=O)oc2c1)C(=O)Nc1cccc(C(=O)O)n1. The van der Waals surface area contributed by atoms with Crippen molar-refractivity contribution in [1.29, 1.82) is 0 Å². The highest BCUT2D eigenvalue weighted by Gasteiger charge is 2.18. The van der Waals surface area contributed by atoms with Gasteiger partial charge in [0.1, 0.15) is 23.0 Å². The minimum Gasteiger partial charge on any atom is -0.481 e. The van der Waals surface area contributed by atoms with Gasteiger partial charge in [-0.05, 0) is 49.4 Å². The van der Waals surface area contributed by atoms with Crippen LogP contribution in [0.4, 0.5) is 10.2 Å². The number of nitrogens with one attached hydrogen (secondary N) is 1. The topological polar surface area (TPSA) is 119 Å². The van der Waals surface area contributed by atoms with Gasteiger partial charge in [0.25, 0.3) is 5.91 Å². The number of amides is 1. The molecule has 172 valence electrons. The van der Waals surface area contributed by atoms with Gasteiger partial charge in [-0.1, -0.05) is 17.7 Å². The Bertz CT molecular complexity index is 1490. The van der Waals surface area contributed by atoms with Crippen molar-refractivity contribution in [2.75, 3.05) is 5.32 Å². The molecule has 1 amide bonds. The number of hydrogen-bond acceptors (Lipinski definition) is 6. The molecular weight excluding hydrogens is 467 g/mol. The Morgan fingerprint density at radius 3 is 2.65 bits per heavy atom. The molecule has 2 aromatic heterocycles. The number of ether oxygens (including phenoxy) is 1. The Labute approximate surface area is 196 Å². The molecule has 1 unspecified atom stereocenters. The number of fused-ring (bicyclic) bond motifs is 1. The summed E-state index contributed by atoms with van der Waals surface area (Å²) in [5.41, 5.74) is 0.239. The van der Waals surface area contributed by atoms with Crippen LogP contribution in [-0.2, 0) is 4.79 Å². The lowest BCUT2D eigenvalue weighted by atomic mass is 10.0. The van der Waals surface area contributed by atoms with Crippen molar-refractivity contribution in [1.82, 2.24) is 4.98 Å². The Hall–Kier alpha value is -4.24. The highest BCUT2D eigenvalue weighted by atomic mass is 35.5. The number of pyridine rings is 1. The second-order valence-electron chi connectivity index (χ2n) is 7.22. The number of rotatable bonds is 6. The van der Waals surface area contributed by atoms with Gasteiger partial charge in [-0.25, -0.2) is 19.0 Å². The van der Waals surface area contributed by atoms with Crippen molar-refractivity contribution < 1.29 is 28.2 Å². The van der Waals surface area contributed by atoms with Gasteiger partial charge in [-0.3, -0.25) is 4.79 Å². The van der Waals surface area contributed by atoms with Crippen LogP contribution >= 0.6 is 11.6 Å². The standard InChI is InChI=1S/C24H16ClFN2O6/c1-12(23(30)28-21-4-2-3-19(27-21)24(31)32)33-14-6-8-16-17(11-22(29)34-20(16)10-14)15-7-5-13(26)9-18(15)25/h2-12H,1H3,(H,31,32)(H,27,28,30). The third-order valence-corrected chi connectivity index (χ3v) is 5.15. The van der Waals surface area contributed by atoms with Gasteiger partial charge in [-0.15, -0.1) is 0 Å². The predicted molar refractivity (Wildman–Crippen MR) is 123 cm³/mol. The van der Waals surface area contributed by atoms with E-state index in [1.54, 1.807) is 12.1 Å². The van der Waals surface area contributed by atoms with Crippen LogP contribution in [0.25, 0.3) is 22.1 Å². The molecule has 0 aliphatic rings. The summed E-state index contributed by atoms with van der Waals surface area (Å²) in [4.78, 5) is 39.5. The van der Waals surface area contributed by atoms with Gasteiger partial charge in [0, 0.05) is 28.6 Å². The van der Waals surface area contributed by atoms with Crippen LogP contribution in [0.2, 0.25) is 5.02 Å². The normalized spacial score (nSPS) is 11.7. The third kappa shape index (κ3) is 4.89. The second-order valence-corrected chi connectivity index (χ2v) is 7.63. The van der Waals surface area contributed by atoms with E-state index < -0.39 is 29.4 Å². The van der Waals surface area contributed by atoms with Gasteiger partial charge in [0.05, 0.1) is 5.02 Å². The van der Waals surface area contributed by atoms with E-state index in [1.165, 1.54) is 49.4 Å². The maximum absolute atomic E-state index is 13.4. The average molecular weight is 483 g/mol. The van der Waals surface area contributed by atoms with Crippen LogP contribution in [0.1, 0.15) is 17.4 Å². The molecule has 34 heavy (non-hydrogen) atoms.